The van der Waals surface area contributed by atoms with Gasteiger partial charge in [0.15, 0.2) is 0 Å². The minimum absolute atomic E-state index is 0.451. The lowest BCUT2D eigenvalue weighted by Crippen LogP contribution is -2.18. The van der Waals surface area contributed by atoms with Crippen molar-refractivity contribution in [2.24, 2.45) is 0 Å². The summed E-state index contributed by atoms with van der Waals surface area (Å²) in [7, 11) is 0. The number of amides is 1. The Morgan fingerprint density at radius 3 is 2.38 bits per heavy atom. The first-order chi connectivity index (χ1) is 3.72. The van der Waals surface area contributed by atoms with E-state index in [1.807, 2.05) is 0 Å². The highest BCUT2D eigenvalue weighted by molar-refractivity contribution is 5.91. The molecule has 0 aliphatic rings. The summed E-state index contributed by atoms with van der Waals surface area (Å²) in [5.74, 6) is -0.451. The third kappa shape index (κ3) is 1.75. The maximum atomic E-state index is 10.3. The molecule has 0 aromatic carbocycles. The van der Waals surface area contributed by atoms with Gasteiger partial charge in [0.1, 0.15) is 0 Å². The summed E-state index contributed by atoms with van der Waals surface area (Å²) >= 11 is 0. The van der Waals surface area contributed by atoms with E-state index in [-0.39, 0.29) is 0 Å². The van der Waals surface area contributed by atoms with Crippen LogP contribution >= 0.6 is 0 Å². The Kier molecular flexibility index (Phi) is 2.88. The summed E-state index contributed by atoms with van der Waals surface area (Å²) in [5, 5.41) is 8.00. The molecule has 46 valence electrons. The van der Waals surface area contributed by atoms with E-state index in [1.165, 1.54) is 5.48 Å². The van der Waals surface area contributed by atoms with Gasteiger partial charge in [0.2, 0.25) is 0 Å². The summed E-state index contributed by atoms with van der Waals surface area (Å²) in [5.41, 5.74) is 2.02. The van der Waals surface area contributed by atoms with E-state index >= 15 is 0 Å². The smallest absolute Gasteiger partial charge is 0.269 e. The fourth-order valence-corrected chi connectivity index (χ4v) is 0.219. The van der Waals surface area contributed by atoms with Crippen LogP contribution in [0.2, 0.25) is 0 Å². The predicted octanol–water partition coefficient (Wildman–Crippen LogP) is 0.458. The average Bonchev–Trinajstić information content (AvgIpc) is 1.84. The van der Waals surface area contributed by atoms with Gasteiger partial charge in [-0.15, -0.1) is 0 Å². The van der Waals surface area contributed by atoms with Crippen molar-refractivity contribution in [3.8, 4) is 0 Å². The van der Waals surface area contributed by atoms with Crippen LogP contribution in [0, 0.1) is 0 Å². The molecule has 0 heterocycles. The number of allylic oxidation sites excluding steroid dienone is 1. The molecule has 0 rings (SSSR count). The zero-order chi connectivity index (χ0) is 6.57. The number of carbonyl (C=O) groups excluding carboxylic acids is 1. The van der Waals surface area contributed by atoms with Crippen molar-refractivity contribution >= 4 is 5.91 Å². The maximum Gasteiger partial charge on any atom is 0.269 e. The van der Waals surface area contributed by atoms with Gasteiger partial charge in [0.25, 0.3) is 5.91 Å². The largest absolute Gasteiger partial charge is 0.288 e. The summed E-state index contributed by atoms with van der Waals surface area (Å²) in [6, 6.07) is 0. The first-order valence-corrected chi connectivity index (χ1v) is 2.29. The molecule has 0 radical (unpaired) electrons. The highest BCUT2D eigenvalue weighted by Gasteiger charge is 1.96. The molecular weight excluding hydrogens is 106 g/mol. The van der Waals surface area contributed by atoms with Crippen molar-refractivity contribution in [3.63, 3.8) is 0 Å². The molecular formula is C5H9NO2. The Balaban J connectivity index is 3.83. The van der Waals surface area contributed by atoms with E-state index in [2.05, 4.69) is 0 Å². The molecule has 0 bridgehead atoms. The average molecular weight is 115 g/mol. The van der Waals surface area contributed by atoms with Gasteiger partial charge in [-0.1, -0.05) is 6.08 Å². The van der Waals surface area contributed by atoms with Crippen LogP contribution in [0.5, 0.6) is 0 Å². The van der Waals surface area contributed by atoms with E-state index in [0.29, 0.717) is 5.57 Å². The molecule has 0 saturated heterocycles. The molecule has 8 heavy (non-hydrogen) atoms. The number of hydrogen-bond acceptors (Lipinski definition) is 2. The Bertz CT molecular complexity index is 118. The van der Waals surface area contributed by atoms with E-state index < -0.39 is 5.91 Å². The molecule has 0 aromatic rings. The Hall–Kier alpha value is -0.830. The number of nitrogens with one attached hydrogen (secondary N) is 1. The Labute approximate surface area is 48.0 Å². The van der Waals surface area contributed by atoms with E-state index in [0.717, 1.165) is 0 Å². The molecule has 3 nitrogen and oxygen atoms in total. The van der Waals surface area contributed by atoms with Crippen LogP contribution in [0.15, 0.2) is 11.6 Å². The van der Waals surface area contributed by atoms with Crippen LogP contribution in [0.4, 0.5) is 0 Å². The van der Waals surface area contributed by atoms with Crippen LogP contribution in [-0.2, 0) is 4.79 Å². The molecule has 1 amide bonds. The molecule has 0 atom stereocenters. The van der Waals surface area contributed by atoms with E-state index in [4.69, 9.17) is 5.21 Å². The molecule has 2 N–H and O–H groups in total. The monoisotopic (exact) mass is 115 g/mol. The molecule has 0 aromatic heterocycles. The second-order valence-electron chi connectivity index (χ2n) is 1.41. The third-order valence-corrected chi connectivity index (χ3v) is 0.893. The summed E-state index contributed by atoms with van der Waals surface area (Å²) in [6.07, 6.45) is 1.62. The number of carbonyl (C=O) groups is 1. The number of hydrogen-bond donors (Lipinski definition) is 2. The first kappa shape index (κ1) is 7.17. The number of hydroxylamine groups is 1. The SMILES string of the molecule is CC=C(C)C(=O)NO. The van der Waals surface area contributed by atoms with Gasteiger partial charge in [-0.3, -0.25) is 10.0 Å². The van der Waals surface area contributed by atoms with E-state index in [1.54, 1.807) is 19.9 Å². The van der Waals surface area contributed by atoms with Gasteiger partial charge in [0.05, 0.1) is 0 Å². The Morgan fingerprint density at radius 2 is 2.25 bits per heavy atom. The number of rotatable bonds is 1. The van der Waals surface area contributed by atoms with Crippen LogP contribution in [0.1, 0.15) is 13.8 Å². The molecule has 0 spiro atoms. The first-order valence-electron chi connectivity index (χ1n) is 2.29. The zero-order valence-corrected chi connectivity index (χ0v) is 4.93. The Morgan fingerprint density at radius 1 is 1.75 bits per heavy atom. The maximum absolute atomic E-state index is 10.3. The lowest BCUT2D eigenvalue weighted by atomic mass is 10.3. The van der Waals surface area contributed by atoms with Crippen LogP contribution in [0.3, 0.4) is 0 Å². The lowest BCUT2D eigenvalue weighted by molar-refractivity contribution is -0.125. The fraction of sp³-hybridized carbons (Fsp3) is 0.400. The molecule has 0 fully saturated rings. The van der Waals surface area contributed by atoms with Crippen molar-refractivity contribution in [1.82, 2.24) is 5.48 Å². The minimum atomic E-state index is -0.451. The van der Waals surface area contributed by atoms with Crippen LogP contribution in [0.25, 0.3) is 0 Å². The predicted molar refractivity (Wildman–Crippen MR) is 29.4 cm³/mol. The molecule has 3 heteroatoms. The quantitative estimate of drug-likeness (QED) is 0.296. The van der Waals surface area contributed by atoms with Gasteiger partial charge in [0, 0.05) is 5.57 Å². The zero-order valence-electron chi connectivity index (χ0n) is 4.93. The van der Waals surface area contributed by atoms with Gasteiger partial charge >= 0.3 is 0 Å². The van der Waals surface area contributed by atoms with Gasteiger partial charge in [-0.25, -0.2) is 5.48 Å². The third-order valence-electron chi connectivity index (χ3n) is 0.893. The fourth-order valence-electron chi connectivity index (χ4n) is 0.219. The highest BCUT2D eigenvalue weighted by Crippen LogP contribution is 1.88. The van der Waals surface area contributed by atoms with Crippen molar-refractivity contribution < 1.29 is 10.0 Å². The summed E-state index contributed by atoms with van der Waals surface area (Å²) in [6.45, 7) is 3.34. The summed E-state index contributed by atoms with van der Waals surface area (Å²) < 4.78 is 0. The second kappa shape index (κ2) is 3.21. The van der Waals surface area contributed by atoms with Crippen molar-refractivity contribution in [1.29, 1.82) is 0 Å². The molecule has 0 aliphatic heterocycles. The van der Waals surface area contributed by atoms with Gasteiger partial charge in [-0.2, -0.15) is 0 Å². The van der Waals surface area contributed by atoms with Gasteiger partial charge < -0.3 is 0 Å². The topological polar surface area (TPSA) is 49.3 Å². The van der Waals surface area contributed by atoms with Crippen molar-refractivity contribution in [2.75, 3.05) is 0 Å². The lowest BCUT2D eigenvalue weighted by Gasteiger charge is -1.93. The second-order valence-corrected chi connectivity index (χ2v) is 1.41. The summed E-state index contributed by atoms with van der Waals surface area (Å²) in [4.78, 5) is 10.3. The van der Waals surface area contributed by atoms with Crippen molar-refractivity contribution in [2.45, 2.75) is 13.8 Å². The van der Waals surface area contributed by atoms with Crippen molar-refractivity contribution in [3.05, 3.63) is 11.6 Å². The minimum Gasteiger partial charge on any atom is -0.288 e. The molecule has 0 saturated carbocycles. The highest BCUT2D eigenvalue weighted by atomic mass is 16.5. The standard InChI is InChI=1S/C5H9NO2/c1-3-4(2)5(7)6-8/h3,8H,1-2H3,(H,6,7). The van der Waals surface area contributed by atoms with Crippen LogP contribution in [-0.4, -0.2) is 11.1 Å². The van der Waals surface area contributed by atoms with Crippen LogP contribution < -0.4 is 5.48 Å². The molecule has 0 aliphatic carbocycles. The molecule has 0 unspecified atom stereocenters. The van der Waals surface area contributed by atoms with E-state index in [9.17, 15) is 4.79 Å². The normalized spacial score (nSPS) is 11.1. The van der Waals surface area contributed by atoms with Gasteiger partial charge in [-0.05, 0) is 13.8 Å².